The van der Waals surface area contributed by atoms with Crippen LogP contribution in [0.25, 0.3) is 0 Å². The molecule has 0 aliphatic heterocycles. The summed E-state index contributed by atoms with van der Waals surface area (Å²) in [5.41, 5.74) is 5.86. The van der Waals surface area contributed by atoms with Crippen molar-refractivity contribution in [2.45, 2.75) is 18.9 Å². The summed E-state index contributed by atoms with van der Waals surface area (Å²) < 4.78 is 11.6. The predicted octanol–water partition coefficient (Wildman–Crippen LogP) is 0.536. The number of nitrogens with one attached hydrogen (secondary N) is 2. The normalized spacial score (nSPS) is 13.7. The molecule has 0 bridgehead atoms. The molecule has 0 heterocycles. The second kappa shape index (κ2) is 8.50. The maximum absolute atomic E-state index is 11.2. The van der Waals surface area contributed by atoms with Gasteiger partial charge in [-0.05, 0) is 36.6 Å². The number of guanidine groups is 1. The Labute approximate surface area is 129 Å². The number of nitrogens with zero attached hydrogens (tertiary/aromatic N) is 1. The molecule has 120 valence electrons. The number of carboxylic acid groups (broad SMARTS) is 1. The van der Waals surface area contributed by atoms with Crippen molar-refractivity contribution in [2.75, 3.05) is 13.7 Å². The number of aromatic hydroxyl groups is 1. The lowest BCUT2D eigenvalue weighted by molar-refractivity contribution is -0.138. The van der Waals surface area contributed by atoms with Gasteiger partial charge in [0.25, 0.3) is 0 Å². The van der Waals surface area contributed by atoms with E-state index in [2.05, 4.69) is 15.7 Å². The van der Waals surface area contributed by atoms with Gasteiger partial charge in [0.1, 0.15) is 6.04 Å². The van der Waals surface area contributed by atoms with Crippen molar-refractivity contribution in [3.05, 3.63) is 23.8 Å². The number of aliphatic imine (C=N–C) groups is 1. The van der Waals surface area contributed by atoms with E-state index in [1.165, 1.54) is 19.4 Å². The second-order valence-corrected chi connectivity index (χ2v) is 4.52. The number of benzene rings is 1. The molecular weight excluding hydrogens is 288 g/mol. The molecule has 22 heavy (non-hydrogen) atoms. The maximum Gasteiger partial charge on any atom is 0.328 e. The van der Waals surface area contributed by atoms with E-state index in [1.807, 2.05) is 0 Å². The fourth-order valence-corrected chi connectivity index (χ4v) is 1.74. The molecule has 0 unspecified atom stereocenters. The van der Waals surface area contributed by atoms with Crippen LogP contribution in [0.5, 0.6) is 11.5 Å². The Morgan fingerprint density at radius 3 is 3.05 bits per heavy atom. The van der Waals surface area contributed by atoms with Gasteiger partial charge in [-0.15, -0.1) is 0 Å². The van der Waals surface area contributed by atoms with Gasteiger partial charge < -0.3 is 26.0 Å². The van der Waals surface area contributed by atoms with Crippen LogP contribution in [0.15, 0.2) is 23.2 Å². The molecule has 8 heteroatoms. The predicted molar refractivity (Wildman–Crippen MR) is 82.8 cm³/mol. The zero-order valence-electron chi connectivity index (χ0n) is 13.2. The average Bonchev–Trinajstić information content (AvgIpc) is 2.53. The zero-order chi connectivity index (χ0) is 17.2. The zero-order valence-corrected chi connectivity index (χ0v) is 12.2. The quantitative estimate of drug-likeness (QED) is 0.269. The van der Waals surface area contributed by atoms with E-state index < -0.39 is 12.0 Å². The molecule has 0 amide bonds. The summed E-state index contributed by atoms with van der Waals surface area (Å²) in [5.74, 6) is -0.774. The first-order valence-electron chi connectivity index (χ1n) is 7.07. The van der Waals surface area contributed by atoms with Gasteiger partial charge in [-0.1, -0.05) is 0 Å². The molecule has 1 rings (SSSR count). The van der Waals surface area contributed by atoms with Gasteiger partial charge in [0.2, 0.25) is 0 Å². The fourth-order valence-electron chi connectivity index (χ4n) is 1.74. The smallest absolute Gasteiger partial charge is 0.328 e. The van der Waals surface area contributed by atoms with Crippen LogP contribution in [0, 0.1) is 5.40 Å². The summed E-state index contributed by atoms with van der Waals surface area (Å²) in [6.07, 6.45) is 2.19. The van der Waals surface area contributed by atoms with Gasteiger partial charge >= 0.3 is 5.97 Å². The molecular formula is C14H20N4O4. The highest BCUT2D eigenvalue weighted by Gasteiger charge is 2.14. The first-order valence-corrected chi connectivity index (χ1v) is 6.62. The van der Waals surface area contributed by atoms with Crippen LogP contribution in [0.3, 0.4) is 0 Å². The topological polar surface area (TPSA) is 141 Å². The van der Waals surface area contributed by atoms with Crippen molar-refractivity contribution in [2.24, 2.45) is 10.7 Å². The van der Waals surface area contributed by atoms with E-state index in [0.717, 1.165) is 0 Å². The minimum absolute atomic E-state index is 0.0194. The number of phenolic OH excluding ortho intramolecular Hbond substituents is 1. The molecule has 0 fully saturated rings. The summed E-state index contributed by atoms with van der Waals surface area (Å²) in [6.45, 7) is 0.400. The van der Waals surface area contributed by atoms with Crippen LogP contribution in [0.1, 0.15) is 18.4 Å². The van der Waals surface area contributed by atoms with Crippen LogP contribution in [0.2, 0.25) is 1.41 Å². The molecule has 0 saturated heterocycles. The number of hydrogen-bond donors (Lipinski definition) is 5. The van der Waals surface area contributed by atoms with Crippen LogP contribution >= 0.6 is 0 Å². The van der Waals surface area contributed by atoms with Gasteiger partial charge in [-0.25, -0.2) is 4.79 Å². The van der Waals surface area contributed by atoms with Crippen LogP contribution < -0.4 is 15.8 Å². The Balaban J connectivity index is 2.61. The summed E-state index contributed by atoms with van der Waals surface area (Å²) in [6, 6.07) is 3.76. The van der Waals surface area contributed by atoms with Gasteiger partial charge in [0.05, 0.1) is 7.11 Å². The van der Waals surface area contributed by atoms with Crippen molar-refractivity contribution in [3.63, 3.8) is 0 Å². The minimum atomic E-state index is -1.04. The standard InChI is InChI=1S/C14H20N4O4/c1-22-12-5-4-9(7-11(12)19)8-18-10(13(20)21)3-2-6-17-14(15)16/h4-5,7-8,10,19H,2-3,6H2,1H3,(H,20,21)(H4,15,16,17)/t10-/m0/s1. The lowest BCUT2D eigenvalue weighted by atomic mass is 10.1. The first kappa shape index (κ1) is 15.6. The molecule has 0 aliphatic rings. The van der Waals surface area contributed by atoms with Crippen molar-refractivity contribution in [1.29, 1.82) is 5.40 Å². The summed E-state index contributed by atoms with van der Waals surface area (Å²) in [7, 11) is 1.44. The molecule has 1 aromatic rings. The van der Waals surface area contributed by atoms with Crippen LogP contribution in [-0.4, -0.2) is 48.1 Å². The molecule has 0 aromatic heterocycles. The van der Waals surface area contributed by atoms with E-state index in [4.69, 9.17) is 17.0 Å². The largest absolute Gasteiger partial charge is 0.504 e. The molecule has 0 saturated carbocycles. The lowest BCUT2D eigenvalue weighted by Gasteiger charge is -2.08. The highest BCUT2D eigenvalue weighted by atomic mass is 16.5. The van der Waals surface area contributed by atoms with Crippen molar-refractivity contribution in [3.8, 4) is 11.5 Å². The highest BCUT2D eigenvalue weighted by Crippen LogP contribution is 2.25. The number of carboxylic acids is 1. The molecule has 1 atom stereocenters. The first-order chi connectivity index (χ1) is 11.0. The number of ether oxygens (including phenoxy) is 1. The maximum atomic E-state index is 11.2. The van der Waals surface area contributed by atoms with Crippen molar-refractivity contribution in [1.82, 2.24) is 5.32 Å². The Kier molecular flexibility index (Phi) is 6.03. The minimum Gasteiger partial charge on any atom is -0.504 e. The number of phenols is 1. The number of nitrogens with two attached hydrogens (primary N) is 1. The third kappa shape index (κ3) is 5.70. The Morgan fingerprint density at radius 1 is 1.68 bits per heavy atom. The van der Waals surface area contributed by atoms with Gasteiger partial charge in [-0.3, -0.25) is 10.4 Å². The fraction of sp³-hybridized carbons (Fsp3) is 0.357. The van der Waals surface area contributed by atoms with E-state index >= 15 is 0 Å². The van der Waals surface area contributed by atoms with E-state index in [-0.39, 0.29) is 11.7 Å². The summed E-state index contributed by atoms with van der Waals surface area (Å²) in [4.78, 5) is 15.2. The summed E-state index contributed by atoms with van der Waals surface area (Å²) in [5, 5.41) is 24.5. The Morgan fingerprint density at radius 2 is 2.45 bits per heavy atom. The molecule has 0 radical (unpaired) electrons. The molecule has 0 aliphatic carbocycles. The SMILES string of the molecule is [H]/N=C(\N)NCCC[C@H](N=Cc1ccc(OC)c(O)c1)C(=O)O. The van der Waals surface area contributed by atoms with Crippen molar-refractivity contribution >= 4 is 18.1 Å². The number of carbonyl (C=O) groups is 1. The van der Waals surface area contributed by atoms with E-state index in [0.29, 0.717) is 30.7 Å². The van der Waals surface area contributed by atoms with E-state index in [9.17, 15) is 9.90 Å². The Bertz CT molecular complexity index is 592. The third-order valence-corrected chi connectivity index (χ3v) is 2.85. The number of aliphatic carboxylic acids is 1. The third-order valence-electron chi connectivity index (χ3n) is 2.85. The van der Waals surface area contributed by atoms with Gasteiger partial charge in [-0.2, -0.15) is 0 Å². The van der Waals surface area contributed by atoms with Gasteiger partial charge in [0.15, 0.2) is 18.9 Å². The van der Waals surface area contributed by atoms with E-state index in [1.54, 1.807) is 12.1 Å². The second-order valence-electron chi connectivity index (χ2n) is 4.52. The lowest BCUT2D eigenvalue weighted by Crippen LogP contribution is -2.31. The number of rotatable bonds is 8. The Hall–Kier alpha value is -2.77. The van der Waals surface area contributed by atoms with Crippen molar-refractivity contribution < 1.29 is 21.2 Å². The van der Waals surface area contributed by atoms with Gasteiger partial charge in [0, 0.05) is 12.8 Å². The molecule has 6 N–H and O–H groups in total. The molecule has 0 spiro atoms. The summed E-state index contributed by atoms with van der Waals surface area (Å²) >= 11 is 0. The van der Waals surface area contributed by atoms with Crippen LogP contribution in [-0.2, 0) is 4.79 Å². The monoisotopic (exact) mass is 308 g/mol. The molecule has 1 aromatic carbocycles. The number of methoxy groups -OCH3 is 1. The van der Waals surface area contributed by atoms with Crippen LogP contribution in [0.4, 0.5) is 0 Å². The number of hydrogen-bond acceptors (Lipinski definition) is 5. The highest BCUT2D eigenvalue weighted by molar-refractivity contribution is 5.84. The molecule has 8 nitrogen and oxygen atoms in total. The average molecular weight is 308 g/mol.